The first-order valence-corrected chi connectivity index (χ1v) is 4.84. The zero-order chi connectivity index (χ0) is 11.4. The van der Waals surface area contributed by atoms with E-state index in [-0.39, 0.29) is 17.4 Å². The number of hydrogen-bond donors (Lipinski definition) is 2. The van der Waals surface area contributed by atoms with Gasteiger partial charge in [0.2, 0.25) is 0 Å². The molecule has 3 N–H and O–H groups in total. The van der Waals surface area contributed by atoms with Crippen molar-refractivity contribution in [2.45, 2.75) is 26.4 Å². The molecule has 1 aromatic carbocycles. The van der Waals surface area contributed by atoms with E-state index < -0.39 is 5.97 Å². The number of carboxylic acids is 1. The van der Waals surface area contributed by atoms with E-state index in [4.69, 9.17) is 15.6 Å². The normalized spacial score (nSPS) is 12.1. The minimum absolute atomic E-state index is 0.0244. The second-order valence-corrected chi connectivity index (χ2v) is 3.36. The molecule has 1 atom stereocenters. The summed E-state index contributed by atoms with van der Waals surface area (Å²) in [6.45, 7) is 3.90. The van der Waals surface area contributed by atoms with Crippen LogP contribution >= 0.6 is 0 Å². The molecule has 0 aromatic heterocycles. The SMILES string of the molecule is CCC(C)Oc1cccc(C(=O)O)c1N. The van der Waals surface area contributed by atoms with E-state index in [2.05, 4.69) is 0 Å². The Bertz CT molecular complexity index is 363. The highest BCUT2D eigenvalue weighted by atomic mass is 16.5. The monoisotopic (exact) mass is 209 g/mol. The zero-order valence-electron chi connectivity index (χ0n) is 8.86. The topological polar surface area (TPSA) is 72.5 Å². The molecule has 0 fully saturated rings. The van der Waals surface area contributed by atoms with Crippen molar-refractivity contribution in [1.82, 2.24) is 0 Å². The number of rotatable bonds is 4. The Balaban J connectivity index is 2.99. The lowest BCUT2D eigenvalue weighted by Gasteiger charge is -2.15. The number of ether oxygens (including phenoxy) is 1. The van der Waals surface area contributed by atoms with Crippen molar-refractivity contribution in [3.8, 4) is 5.75 Å². The highest BCUT2D eigenvalue weighted by Crippen LogP contribution is 2.26. The summed E-state index contributed by atoms with van der Waals surface area (Å²) in [4.78, 5) is 10.8. The smallest absolute Gasteiger partial charge is 0.337 e. The summed E-state index contributed by atoms with van der Waals surface area (Å²) in [6.07, 6.45) is 0.868. The van der Waals surface area contributed by atoms with Crippen LogP contribution in [0.4, 0.5) is 5.69 Å². The standard InChI is InChI=1S/C11H15NO3/c1-3-7(2)15-9-6-4-5-8(10(9)12)11(13)14/h4-7H,3,12H2,1-2H3,(H,13,14). The summed E-state index contributed by atoms with van der Waals surface area (Å²) in [5.41, 5.74) is 5.95. The minimum atomic E-state index is -1.04. The van der Waals surface area contributed by atoms with Gasteiger partial charge in [0.25, 0.3) is 0 Å². The Hall–Kier alpha value is -1.71. The van der Waals surface area contributed by atoms with Gasteiger partial charge in [0.15, 0.2) is 0 Å². The highest BCUT2D eigenvalue weighted by Gasteiger charge is 2.13. The van der Waals surface area contributed by atoms with Crippen LogP contribution in [0.2, 0.25) is 0 Å². The molecule has 0 amide bonds. The van der Waals surface area contributed by atoms with Gasteiger partial charge < -0.3 is 15.6 Å². The molecule has 0 bridgehead atoms. The Morgan fingerprint density at radius 1 is 1.60 bits per heavy atom. The van der Waals surface area contributed by atoms with Gasteiger partial charge in [-0.25, -0.2) is 4.79 Å². The third-order valence-corrected chi connectivity index (χ3v) is 2.20. The third-order valence-electron chi connectivity index (χ3n) is 2.20. The summed E-state index contributed by atoms with van der Waals surface area (Å²) in [5, 5.41) is 8.85. The van der Waals surface area contributed by atoms with Gasteiger partial charge in [0.05, 0.1) is 17.4 Å². The molecule has 82 valence electrons. The van der Waals surface area contributed by atoms with E-state index in [1.807, 2.05) is 13.8 Å². The van der Waals surface area contributed by atoms with E-state index in [1.165, 1.54) is 6.07 Å². The molecule has 0 aliphatic carbocycles. The number of hydrogen-bond acceptors (Lipinski definition) is 3. The largest absolute Gasteiger partial charge is 0.489 e. The molecule has 0 saturated heterocycles. The van der Waals surface area contributed by atoms with Crippen molar-refractivity contribution in [3.63, 3.8) is 0 Å². The summed E-state index contributed by atoms with van der Waals surface area (Å²) in [5.74, 6) is -0.605. The zero-order valence-corrected chi connectivity index (χ0v) is 8.86. The van der Waals surface area contributed by atoms with E-state index in [9.17, 15) is 4.79 Å². The summed E-state index contributed by atoms with van der Waals surface area (Å²) in [7, 11) is 0. The number of benzene rings is 1. The molecule has 0 radical (unpaired) electrons. The van der Waals surface area contributed by atoms with Gasteiger partial charge in [0.1, 0.15) is 5.75 Å². The molecule has 0 spiro atoms. The number of anilines is 1. The Kier molecular flexibility index (Phi) is 3.55. The van der Waals surface area contributed by atoms with Crippen LogP contribution < -0.4 is 10.5 Å². The number of nitrogens with two attached hydrogens (primary N) is 1. The molecule has 1 rings (SSSR count). The maximum Gasteiger partial charge on any atom is 0.337 e. The van der Waals surface area contributed by atoms with Crippen LogP contribution in [0.3, 0.4) is 0 Å². The Labute approximate surface area is 88.7 Å². The molecule has 4 nitrogen and oxygen atoms in total. The van der Waals surface area contributed by atoms with Gasteiger partial charge in [0, 0.05) is 0 Å². The molecule has 0 heterocycles. The molecule has 15 heavy (non-hydrogen) atoms. The fraction of sp³-hybridized carbons (Fsp3) is 0.364. The lowest BCUT2D eigenvalue weighted by Crippen LogP contribution is -2.12. The molecule has 0 aliphatic rings. The lowest BCUT2D eigenvalue weighted by molar-refractivity contribution is 0.0697. The second kappa shape index (κ2) is 4.68. The summed E-state index contributed by atoms with van der Waals surface area (Å²) < 4.78 is 5.50. The molecule has 0 aliphatic heterocycles. The van der Waals surface area contributed by atoms with Crippen LogP contribution in [0.25, 0.3) is 0 Å². The van der Waals surface area contributed by atoms with E-state index >= 15 is 0 Å². The second-order valence-electron chi connectivity index (χ2n) is 3.36. The molecule has 1 aromatic rings. The van der Waals surface area contributed by atoms with Crippen LogP contribution in [-0.2, 0) is 0 Å². The first-order chi connectivity index (χ1) is 7.06. The van der Waals surface area contributed by atoms with Gasteiger partial charge in [-0.2, -0.15) is 0 Å². The van der Waals surface area contributed by atoms with Crippen molar-refractivity contribution < 1.29 is 14.6 Å². The van der Waals surface area contributed by atoms with Crippen molar-refractivity contribution >= 4 is 11.7 Å². The molecule has 0 saturated carbocycles. The maximum atomic E-state index is 10.8. The van der Waals surface area contributed by atoms with Crippen molar-refractivity contribution in [1.29, 1.82) is 0 Å². The predicted molar refractivity (Wildman–Crippen MR) is 58.2 cm³/mol. The maximum absolute atomic E-state index is 10.8. The van der Waals surface area contributed by atoms with Crippen LogP contribution in [0.15, 0.2) is 18.2 Å². The first-order valence-electron chi connectivity index (χ1n) is 4.84. The Morgan fingerprint density at radius 3 is 2.80 bits per heavy atom. The number of nitrogen functional groups attached to an aromatic ring is 1. The third kappa shape index (κ3) is 2.62. The van der Waals surface area contributed by atoms with E-state index in [0.29, 0.717) is 5.75 Å². The van der Waals surface area contributed by atoms with Gasteiger partial charge in [-0.1, -0.05) is 13.0 Å². The van der Waals surface area contributed by atoms with E-state index in [0.717, 1.165) is 6.42 Å². The van der Waals surface area contributed by atoms with E-state index in [1.54, 1.807) is 12.1 Å². The number of aromatic carboxylic acids is 1. The number of para-hydroxylation sites is 1. The molecular formula is C11H15NO3. The lowest BCUT2D eigenvalue weighted by atomic mass is 10.1. The van der Waals surface area contributed by atoms with Gasteiger partial charge in [-0.15, -0.1) is 0 Å². The average Bonchev–Trinajstić information content (AvgIpc) is 2.20. The molecular weight excluding hydrogens is 194 g/mol. The van der Waals surface area contributed by atoms with Gasteiger partial charge >= 0.3 is 5.97 Å². The number of carboxylic acid groups (broad SMARTS) is 1. The highest BCUT2D eigenvalue weighted by molar-refractivity contribution is 5.95. The number of carbonyl (C=O) groups is 1. The van der Waals surface area contributed by atoms with Gasteiger partial charge in [-0.05, 0) is 25.5 Å². The van der Waals surface area contributed by atoms with Crippen LogP contribution in [0.1, 0.15) is 30.6 Å². The van der Waals surface area contributed by atoms with Crippen LogP contribution in [-0.4, -0.2) is 17.2 Å². The Morgan fingerprint density at radius 2 is 2.27 bits per heavy atom. The average molecular weight is 209 g/mol. The minimum Gasteiger partial charge on any atom is -0.489 e. The summed E-state index contributed by atoms with van der Waals surface area (Å²) >= 11 is 0. The van der Waals surface area contributed by atoms with Gasteiger partial charge in [-0.3, -0.25) is 0 Å². The van der Waals surface area contributed by atoms with Crippen LogP contribution in [0, 0.1) is 0 Å². The first kappa shape index (κ1) is 11.4. The fourth-order valence-electron chi connectivity index (χ4n) is 1.13. The summed E-state index contributed by atoms with van der Waals surface area (Å²) in [6, 6.07) is 4.76. The van der Waals surface area contributed by atoms with Crippen molar-refractivity contribution in [2.24, 2.45) is 0 Å². The fourth-order valence-corrected chi connectivity index (χ4v) is 1.13. The van der Waals surface area contributed by atoms with Crippen molar-refractivity contribution in [2.75, 3.05) is 5.73 Å². The predicted octanol–water partition coefficient (Wildman–Crippen LogP) is 2.14. The molecule has 1 unspecified atom stereocenters. The van der Waals surface area contributed by atoms with Crippen LogP contribution in [0.5, 0.6) is 5.75 Å². The quantitative estimate of drug-likeness (QED) is 0.745. The van der Waals surface area contributed by atoms with Crippen molar-refractivity contribution in [3.05, 3.63) is 23.8 Å². The molecule has 4 heteroatoms.